The van der Waals surface area contributed by atoms with Crippen molar-refractivity contribution in [3.8, 4) is 22.9 Å². The molecule has 2 aromatic carbocycles. The van der Waals surface area contributed by atoms with Crippen LogP contribution in [0.1, 0.15) is 11.1 Å². The fourth-order valence-electron chi connectivity index (χ4n) is 2.64. The summed E-state index contributed by atoms with van der Waals surface area (Å²) >= 11 is 0. The minimum absolute atomic E-state index is 0.00575. The highest BCUT2D eigenvalue weighted by atomic mass is 19.4. The second-order valence-electron chi connectivity index (χ2n) is 6.19. The molecule has 8 nitrogen and oxygen atoms in total. The second kappa shape index (κ2) is 8.80. The molecule has 0 saturated carbocycles. The van der Waals surface area contributed by atoms with Crippen molar-refractivity contribution >= 4 is 5.91 Å². The Labute approximate surface area is 169 Å². The van der Waals surface area contributed by atoms with Crippen LogP contribution in [0.5, 0.6) is 11.5 Å². The van der Waals surface area contributed by atoms with Gasteiger partial charge in [0.25, 0.3) is 0 Å². The Hall–Kier alpha value is -3.63. The number of alkyl halides is 3. The number of aromatic nitrogens is 4. The van der Waals surface area contributed by atoms with E-state index in [1.54, 1.807) is 18.2 Å². The van der Waals surface area contributed by atoms with E-state index in [2.05, 4.69) is 20.7 Å². The van der Waals surface area contributed by atoms with Crippen LogP contribution in [-0.2, 0) is 24.1 Å². The average molecular weight is 421 g/mol. The minimum atomic E-state index is -4.48. The zero-order valence-electron chi connectivity index (χ0n) is 16.1. The van der Waals surface area contributed by atoms with Gasteiger partial charge in [0.1, 0.15) is 6.54 Å². The van der Waals surface area contributed by atoms with E-state index in [9.17, 15) is 18.0 Å². The summed E-state index contributed by atoms with van der Waals surface area (Å²) in [6, 6.07) is 9.82. The summed E-state index contributed by atoms with van der Waals surface area (Å²) in [4.78, 5) is 13.2. The molecule has 1 amide bonds. The van der Waals surface area contributed by atoms with Crippen molar-refractivity contribution in [3.63, 3.8) is 0 Å². The summed E-state index contributed by atoms with van der Waals surface area (Å²) in [6.07, 6.45) is -4.48. The van der Waals surface area contributed by atoms with Gasteiger partial charge >= 0.3 is 6.18 Å². The number of benzene rings is 2. The zero-order valence-corrected chi connectivity index (χ0v) is 16.1. The van der Waals surface area contributed by atoms with Crippen LogP contribution >= 0.6 is 0 Å². The number of carbonyl (C=O) groups is 1. The number of rotatable bonds is 7. The fraction of sp³-hybridized carbons (Fsp3) is 0.263. The van der Waals surface area contributed by atoms with Crippen molar-refractivity contribution in [2.75, 3.05) is 14.2 Å². The number of carbonyl (C=O) groups excluding carboxylic acids is 1. The van der Waals surface area contributed by atoms with E-state index in [4.69, 9.17) is 9.47 Å². The van der Waals surface area contributed by atoms with Gasteiger partial charge in [0.05, 0.1) is 19.8 Å². The lowest BCUT2D eigenvalue weighted by Gasteiger charge is -2.10. The predicted octanol–water partition coefficient (Wildman–Crippen LogP) is 2.69. The molecule has 0 fully saturated rings. The largest absolute Gasteiger partial charge is 0.493 e. The van der Waals surface area contributed by atoms with Crippen molar-refractivity contribution in [3.05, 3.63) is 53.6 Å². The highest BCUT2D eigenvalue weighted by Crippen LogP contribution is 2.31. The number of halogens is 3. The van der Waals surface area contributed by atoms with E-state index in [-0.39, 0.29) is 24.5 Å². The third-order valence-electron chi connectivity index (χ3n) is 4.12. The number of nitrogens with one attached hydrogen (secondary N) is 1. The molecule has 3 aromatic rings. The van der Waals surface area contributed by atoms with Crippen molar-refractivity contribution in [1.82, 2.24) is 25.5 Å². The van der Waals surface area contributed by atoms with Crippen LogP contribution in [0.3, 0.4) is 0 Å². The number of hydrogen-bond acceptors (Lipinski definition) is 6. The Balaban J connectivity index is 1.62. The maximum Gasteiger partial charge on any atom is 0.416 e. The van der Waals surface area contributed by atoms with E-state index in [0.29, 0.717) is 11.5 Å². The summed E-state index contributed by atoms with van der Waals surface area (Å²) in [6.45, 7) is -0.00633. The van der Waals surface area contributed by atoms with Crippen LogP contribution in [0, 0.1) is 0 Å². The van der Waals surface area contributed by atoms with Crippen molar-refractivity contribution in [2.24, 2.45) is 0 Å². The maximum atomic E-state index is 12.8. The number of nitrogens with zero attached hydrogens (tertiary/aromatic N) is 4. The molecule has 0 spiro atoms. The third-order valence-corrected chi connectivity index (χ3v) is 4.12. The van der Waals surface area contributed by atoms with Gasteiger partial charge in [0, 0.05) is 12.1 Å². The highest BCUT2D eigenvalue weighted by molar-refractivity contribution is 5.75. The predicted molar refractivity (Wildman–Crippen MR) is 99.6 cm³/mol. The molecule has 0 saturated heterocycles. The van der Waals surface area contributed by atoms with E-state index in [1.165, 1.54) is 26.4 Å². The summed E-state index contributed by atoms with van der Waals surface area (Å²) in [5, 5.41) is 14.1. The molecule has 1 heterocycles. The van der Waals surface area contributed by atoms with Crippen LogP contribution in [0.4, 0.5) is 13.2 Å². The van der Waals surface area contributed by atoms with Gasteiger partial charge in [-0.25, -0.2) is 0 Å². The van der Waals surface area contributed by atoms with Crippen LogP contribution < -0.4 is 14.8 Å². The summed E-state index contributed by atoms with van der Waals surface area (Å²) in [5.74, 6) is 0.709. The maximum absolute atomic E-state index is 12.8. The smallest absolute Gasteiger partial charge is 0.416 e. The molecule has 1 aromatic heterocycles. The molecular formula is C19H18F3N5O3. The molecule has 0 aliphatic carbocycles. The molecule has 0 bridgehead atoms. The Morgan fingerprint density at radius 1 is 1.10 bits per heavy atom. The van der Waals surface area contributed by atoms with Crippen molar-refractivity contribution in [1.29, 1.82) is 0 Å². The topological polar surface area (TPSA) is 91.2 Å². The highest BCUT2D eigenvalue weighted by Gasteiger charge is 2.30. The Kier molecular flexibility index (Phi) is 6.19. The van der Waals surface area contributed by atoms with Crippen LogP contribution in [0.25, 0.3) is 11.4 Å². The first-order chi connectivity index (χ1) is 14.3. The summed E-state index contributed by atoms with van der Waals surface area (Å²) in [7, 11) is 3.04. The third kappa shape index (κ3) is 5.04. The Bertz CT molecular complexity index is 1040. The molecule has 0 unspecified atom stereocenters. The average Bonchev–Trinajstić information content (AvgIpc) is 3.20. The molecule has 0 radical (unpaired) electrons. The second-order valence-corrected chi connectivity index (χ2v) is 6.19. The van der Waals surface area contributed by atoms with Gasteiger partial charge in [-0.05, 0) is 35.0 Å². The first-order valence-corrected chi connectivity index (χ1v) is 8.73. The quantitative estimate of drug-likeness (QED) is 0.631. The zero-order chi connectivity index (χ0) is 21.7. The van der Waals surface area contributed by atoms with E-state index >= 15 is 0 Å². The van der Waals surface area contributed by atoms with E-state index < -0.39 is 17.6 Å². The number of methoxy groups -OCH3 is 2. The number of tetrazole rings is 1. The molecule has 0 aliphatic rings. The van der Waals surface area contributed by atoms with E-state index in [0.717, 1.165) is 22.5 Å². The van der Waals surface area contributed by atoms with Gasteiger partial charge in [-0.1, -0.05) is 18.2 Å². The first-order valence-electron chi connectivity index (χ1n) is 8.73. The molecule has 30 heavy (non-hydrogen) atoms. The Morgan fingerprint density at radius 3 is 2.57 bits per heavy atom. The monoisotopic (exact) mass is 421 g/mol. The van der Waals surface area contributed by atoms with Crippen LogP contribution in [0.15, 0.2) is 42.5 Å². The first kappa shape index (κ1) is 21.1. The number of amides is 1. The molecule has 158 valence electrons. The molecule has 0 atom stereocenters. The summed E-state index contributed by atoms with van der Waals surface area (Å²) in [5.41, 5.74) is 0.128. The van der Waals surface area contributed by atoms with Crippen LogP contribution in [-0.4, -0.2) is 40.3 Å². The summed E-state index contributed by atoms with van der Waals surface area (Å²) < 4.78 is 48.9. The molecule has 0 aliphatic heterocycles. The van der Waals surface area contributed by atoms with Gasteiger partial charge in [-0.15, -0.1) is 10.2 Å². The van der Waals surface area contributed by atoms with Crippen molar-refractivity contribution in [2.45, 2.75) is 19.3 Å². The van der Waals surface area contributed by atoms with E-state index in [1.807, 2.05) is 0 Å². The lowest BCUT2D eigenvalue weighted by molar-refractivity contribution is -0.137. The fourth-order valence-corrected chi connectivity index (χ4v) is 2.64. The Morgan fingerprint density at radius 2 is 1.87 bits per heavy atom. The SMILES string of the molecule is COc1ccc(CNC(=O)Cn2nnc(-c3cccc(C(F)(F)F)c3)n2)cc1OC. The lowest BCUT2D eigenvalue weighted by Crippen LogP contribution is -2.28. The van der Waals surface area contributed by atoms with Crippen LogP contribution in [0.2, 0.25) is 0 Å². The van der Waals surface area contributed by atoms with Gasteiger partial charge < -0.3 is 14.8 Å². The van der Waals surface area contributed by atoms with Gasteiger partial charge in [-0.3, -0.25) is 4.79 Å². The standard InChI is InChI=1S/C19H18F3N5O3/c1-29-15-7-6-12(8-16(15)30-2)10-23-17(28)11-27-25-18(24-26-27)13-4-3-5-14(9-13)19(20,21)22/h3-9H,10-11H2,1-2H3,(H,23,28). The van der Waals surface area contributed by atoms with Gasteiger partial charge in [-0.2, -0.15) is 18.0 Å². The van der Waals surface area contributed by atoms with Gasteiger partial charge in [0.15, 0.2) is 11.5 Å². The van der Waals surface area contributed by atoms with Crippen molar-refractivity contribution < 1.29 is 27.4 Å². The molecule has 1 N–H and O–H groups in total. The normalized spacial score (nSPS) is 11.2. The van der Waals surface area contributed by atoms with Gasteiger partial charge in [0.2, 0.25) is 11.7 Å². The lowest BCUT2D eigenvalue weighted by atomic mass is 10.1. The number of hydrogen-bond donors (Lipinski definition) is 1. The minimum Gasteiger partial charge on any atom is -0.493 e. The molecule has 3 rings (SSSR count). The number of ether oxygens (including phenoxy) is 2. The molecular weight excluding hydrogens is 403 g/mol. The molecule has 11 heteroatoms.